The van der Waals surface area contributed by atoms with Crippen molar-refractivity contribution in [3.63, 3.8) is 0 Å². The third-order valence-corrected chi connectivity index (χ3v) is 7.75. The Hall–Kier alpha value is -1.58. The molecule has 1 atom stereocenters. The van der Waals surface area contributed by atoms with Crippen LogP contribution < -0.4 is 10.6 Å². The number of hydrogen-bond donors (Lipinski definition) is 2. The van der Waals surface area contributed by atoms with Crippen LogP contribution in [0.15, 0.2) is 24.3 Å². The number of amides is 2. The van der Waals surface area contributed by atoms with E-state index in [-0.39, 0.29) is 17.9 Å². The van der Waals surface area contributed by atoms with Crippen molar-refractivity contribution in [2.75, 3.05) is 6.54 Å². The van der Waals surface area contributed by atoms with Gasteiger partial charge in [-0.05, 0) is 76.5 Å². The van der Waals surface area contributed by atoms with E-state index in [2.05, 4.69) is 62.6 Å². The molecule has 0 spiro atoms. The molecule has 0 saturated carbocycles. The van der Waals surface area contributed by atoms with Gasteiger partial charge < -0.3 is 10.6 Å². The molecule has 0 bridgehead atoms. The van der Waals surface area contributed by atoms with Crippen LogP contribution in [-0.4, -0.2) is 24.4 Å². The zero-order chi connectivity index (χ0) is 29.5. The maximum atomic E-state index is 12.5. The quantitative estimate of drug-likeness (QED) is 0.0706. The molecule has 40 heavy (non-hydrogen) atoms. The first-order chi connectivity index (χ1) is 19.5. The summed E-state index contributed by atoms with van der Waals surface area (Å²) < 4.78 is 0. The number of hydrogen-bond acceptors (Lipinski definition) is 2. The number of carbonyl (C=O) groups excluding carboxylic acids is 2. The van der Waals surface area contributed by atoms with Gasteiger partial charge in [-0.1, -0.05) is 116 Å². The van der Waals surface area contributed by atoms with Gasteiger partial charge in [-0.25, -0.2) is 0 Å². The Morgan fingerprint density at radius 2 is 1.00 bits per heavy atom. The molecule has 0 aliphatic rings. The average molecular weight is 561 g/mol. The number of rotatable bonds is 29. The van der Waals surface area contributed by atoms with Crippen molar-refractivity contribution < 1.29 is 9.59 Å². The van der Waals surface area contributed by atoms with Crippen LogP contribution in [0, 0.1) is 5.92 Å². The summed E-state index contributed by atoms with van der Waals surface area (Å²) in [6.07, 6.45) is 35.4. The molecule has 0 fully saturated rings. The number of allylic oxidation sites excluding steroid dienone is 4. The van der Waals surface area contributed by atoms with E-state index < -0.39 is 0 Å². The van der Waals surface area contributed by atoms with Gasteiger partial charge in [-0.2, -0.15) is 0 Å². The minimum atomic E-state index is 0.191. The van der Waals surface area contributed by atoms with Gasteiger partial charge in [-0.15, -0.1) is 0 Å². The third-order valence-electron chi connectivity index (χ3n) is 7.75. The molecule has 0 heterocycles. The predicted octanol–water partition coefficient (Wildman–Crippen LogP) is 10.4. The molecule has 0 radical (unpaired) electrons. The SMILES string of the molecule is CCCC/C=C\CCCCCCCC(=O)NCCCC[C@H](NC(=O)CCCCCCC/C=C\CCCC)C(C)C. The second kappa shape index (κ2) is 30.4. The monoisotopic (exact) mass is 561 g/mol. The molecule has 0 saturated heterocycles. The summed E-state index contributed by atoms with van der Waals surface area (Å²) in [6.45, 7) is 9.59. The summed E-state index contributed by atoms with van der Waals surface area (Å²) in [6, 6.07) is 0.231. The lowest BCUT2D eigenvalue weighted by molar-refractivity contribution is -0.122. The highest BCUT2D eigenvalue weighted by Crippen LogP contribution is 2.13. The van der Waals surface area contributed by atoms with Crippen LogP contribution in [0.4, 0.5) is 0 Å². The van der Waals surface area contributed by atoms with Gasteiger partial charge >= 0.3 is 0 Å². The second-order valence-electron chi connectivity index (χ2n) is 12.1. The Morgan fingerprint density at radius 1 is 0.550 bits per heavy atom. The fraction of sp³-hybridized carbons (Fsp3) is 0.833. The Morgan fingerprint density at radius 3 is 1.50 bits per heavy atom. The molecule has 0 aromatic carbocycles. The smallest absolute Gasteiger partial charge is 0.220 e. The van der Waals surface area contributed by atoms with Crippen molar-refractivity contribution in [2.45, 2.75) is 181 Å². The number of carbonyl (C=O) groups is 2. The lowest BCUT2D eigenvalue weighted by Gasteiger charge is -2.22. The van der Waals surface area contributed by atoms with E-state index in [4.69, 9.17) is 0 Å². The molecular weight excluding hydrogens is 492 g/mol. The molecule has 234 valence electrons. The van der Waals surface area contributed by atoms with Gasteiger partial charge in [0.05, 0.1) is 0 Å². The van der Waals surface area contributed by atoms with E-state index in [0.717, 1.165) is 51.5 Å². The van der Waals surface area contributed by atoms with Crippen molar-refractivity contribution >= 4 is 11.8 Å². The fourth-order valence-electron chi connectivity index (χ4n) is 4.93. The molecule has 0 unspecified atom stereocenters. The lowest BCUT2D eigenvalue weighted by atomic mass is 9.98. The number of unbranched alkanes of at least 4 members (excludes halogenated alkanes) is 15. The van der Waals surface area contributed by atoms with Crippen LogP contribution in [0.25, 0.3) is 0 Å². The maximum Gasteiger partial charge on any atom is 0.220 e. The van der Waals surface area contributed by atoms with Crippen molar-refractivity contribution in [3.05, 3.63) is 24.3 Å². The lowest BCUT2D eigenvalue weighted by Crippen LogP contribution is -2.38. The molecule has 0 aliphatic carbocycles. The first-order valence-corrected chi connectivity index (χ1v) is 17.4. The van der Waals surface area contributed by atoms with Crippen molar-refractivity contribution in [1.82, 2.24) is 10.6 Å². The van der Waals surface area contributed by atoms with Crippen LogP contribution in [0.1, 0.15) is 175 Å². The molecule has 0 aromatic heterocycles. The van der Waals surface area contributed by atoms with Gasteiger partial charge in [0.2, 0.25) is 11.8 Å². The molecule has 0 rings (SSSR count). The molecule has 4 nitrogen and oxygen atoms in total. The summed E-state index contributed by atoms with van der Waals surface area (Å²) in [5, 5.41) is 6.36. The predicted molar refractivity (Wildman–Crippen MR) is 176 cm³/mol. The zero-order valence-electron chi connectivity index (χ0n) is 27.3. The molecule has 0 aromatic rings. The molecule has 0 aliphatic heterocycles. The van der Waals surface area contributed by atoms with E-state index in [9.17, 15) is 9.59 Å². The highest BCUT2D eigenvalue weighted by molar-refractivity contribution is 5.76. The summed E-state index contributed by atoms with van der Waals surface area (Å²) in [5.41, 5.74) is 0. The van der Waals surface area contributed by atoms with Gasteiger partial charge in [0.15, 0.2) is 0 Å². The average Bonchev–Trinajstić information content (AvgIpc) is 2.93. The first kappa shape index (κ1) is 38.4. The Bertz CT molecular complexity index is 626. The van der Waals surface area contributed by atoms with Crippen LogP contribution in [0.2, 0.25) is 0 Å². The van der Waals surface area contributed by atoms with Gasteiger partial charge in [0.1, 0.15) is 0 Å². The Kier molecular flexibility index (Phi) is 29.2. The largest absolute Gasteiger partial charge is 0.356 e. The highest BCUT2D eigenvalue weighted by atomic mass is 16.2. The topological polar surface area (TPSA) is 58.2 Å². The Labute approximate surface area is 250 Å². The summed E-state index contributed by atoms with van der Waals surface area (Å²) in [5.74, 6) is 0.825. The van der Waals surface area contributed by atoms with Crippen LogP contribution in [0.5, 0.6) is 0 Å². The van der Waals surface area contributed by atoms with Crippen molar-refractivity contribution in [3.8, 4) is 0 Å². The Balaban J connectivity index is 3.70. The van der Waals surface area contributed by atoms with Crippen LogP contribution >= 0.6 is 0 Å². The molecule has 2 N–H and O–H groups in total. The summed E-state index contributed by atoms with van der Waals surface area (Å²) in [7, 11) is 0. The fourth-order valence-corrected chi connectivity index (χ4v) is 4.93. The highest BCUT2D eigenvalue weighted by Gasteiger charge is 2.15. The normalized spacial score (nSPS) is 12.5. The van der Waals surface area contributed by atoms with Crippen molar-refractivity contribution in [1.29, 1.82) is 0 Å². The van der Waals surface area contributed by atoms with Crippen LogP contribution in [0.3, 0.4) is 0 Å². The minimum Gasteiger partial charge on any atom is -0.356 e. The molecule has 2 amide bonds. The van der Waals surface area contributed by atoms with Gasteiger partial charge in [0.25, 0.3) is 0 Å². The van der Waals surface area contributed by atoms with Crippen molar-refractivity contribution in [2.24, 2.45) is 5.92 Å². The minimum absolute atomic E-state index is 0.191. The van der Waals surface area contributed by atoms with E-state index in [0.29, 0.717) is 18.8 Å². The standard InChI is InChI=1S/C36H68N2O2/c1-5-7-9-11-13-15-17-19-21-23-25-30-35(39)37-32-28-27-29-34(33(3)4)38-36(40)31-26-24-22-20-18-16-14-12-10-8-6-2/h11-14,33-34H,5-10,15-32H2,1-4H3,(H,37,39)(H,38,40)/b13-11-,14-12-/t34-/m0/s1. The first-order valence-electron chi connectivity index (χ1n) is 17.4. The second-order valence-corrected chi connectivity index (χ2v) is 12.1. The van der Waals surface area contributed by atoms with E-state index in [1.807, 2.05) is 0 Å². The van der Waals surface area contributed by atoms with E-state index >= 15 is 0 Å². The van der Waals surface area contributed by atoms with E-state index in [1.54, 1.807) is 0 Å². The van der Waals surface area contributed by atoms with Gasteiger partial charge in [-0.3, -0.25) is 9.59 Å². The maximum absolute atomic E-state index is 12.5. The number of nitrogens with one attached hydrogen (secondary N) is 2. The third kappa shape index (κ3) is 28.0. The molecule has 4 heteroatoms. The zero-order valence-corrected chi connectivity index (χ0v) is 27.3. The van der Waals surface area contributed by atoms with Crippen LogP contribution in [-0.2, 0) is 9.59 Å². The molecular formula is C36H68N2O2. The summed E-state index contributed by atoms with van der Waals surface area (Å²) >= 11 is 0. The van der Waals surface area contributed by atoms with Gasteiger partial charge in [0, 0.05) is 25.4 Å². The van der Waals surface area contributed by atoms with E-state index in [1.165, 1.54) is 89.9 Å². The summed E-state index contributed by atoms with van der Waals surface area (Å²) in [4.78, 5) is 24.6.